The third kappa shape index (κ3) is 2.96. The van der Waals surface area contributed by atoms with Gasteiger partial charge in [0, 0.05) is 25.4 Å². The van der Waals surface area contributed by atoms with Crippen molar-refractivity contribution in [3.63, 3.8) is 0 Å². The van der Waals surface area contributed by atoms with Crippen LogP contribution in [0.5, 0.6) is 0 Å². The molecule has 1 unspecified atom stereocenters. The largest absolute Gasteiger partial charge is 0.388 e. The van der Waals surface area contributed by atoms with Crippen LogP contribution >= 0.6 is 0 Å². The summed E-state index contributed by atoms with van der Waals surface area (Å²) >= 11 is 0. The van der Waals surface area contributed by atoms with E-state index in [-0.39, 0.29) is 5.82 Å². The molecule has 1 N–H and O–H groups in total. The Bertz CT molecular complexity index is 493. The van der Waals surface area contributed by atoms with Gasteiger partial charge in [-0.05, 0) is 24.1 Å². The first-order chi connectivity index (χ1) is 8.70. The lowest BCUT2D eigenvalue weighted by Crippen LogP contribution is -2.09. The van der Waals surface area contributed by atoms with E-state index in [9.17, 15) is 9.50 Å². The van der Waals surface area contributed by atoms with Crippen LogP contribution in [0.15, 0.2) is 36.7 Å². The van der Waals surface area contributed by atoms with Crippen LogP contribution in [0.1, 0.15) is 30.8 Å². The summed E-state index contributed by atoms with van der Waals surface area (Å²) in [6, 6.07) is 5.92. The highest BCUT2D eigenvalue weighted by molar-refractivity contribution is 5.19. The van der Waals surface area contributed by atoms with Crippen molar-refractivity contribution in [2.75, 3.05) is 0 Å². The summed E-state index contributed by atoms with van der Waals surface area (Å²) in [6.45, 7) is 2.99. The fourth-order valence-electron chi connectivity index (χ4n) is 1.95. The molecule has 0 aliphatic carbocycles. The van der Waals surface area contributed by atoms with Crippen LogP contribution < -0.4 is 0 Å². The maximum atomic E-state index is 12.8. The highest BCUT2D eigenvalue weighted by Gasteiger charge is 2.12. The maximum Gasteiger partial charge on any atom is 0.123 e. The molecule has 0 fully saturated rings. The highest BCUT2D eigenvalue weighted by atomic mass is 19.1. The van der Waals surface area contributed by atoms with E-state index >= 15 is 0 Å². The van der Waals surface area contributed by atoms with Gasteiger partial charge >= 0.3 is 0 Å². The lowest BCUT2D eigenvalue weighted by atomic mass is 10.1. The Morgan fingerprint density at radius 1 is 1.33 bits per heavy atom. The number of rotatable bonds is 5. The molecular weight excluding hydrogens is 231 g/mol. The molecule has 1 aromatic carbocycles. The van der Waals surface area contributed by atoms with E-state index in [1.54, 1.807) is 18.3 Å². The van der Waals surface area contributed by atoms with Crippen LogP contribution in [-0.4, -0.2) is 14.7 Å². The molecule has 0 aliphatic heterocycles. The van der Waals surface area contributed by atoms with Gasteiger partial charge in [-0.25, -0.2) is 9.37 Å². The molecule has 0 aliphatic rings. The number of aliphatic hydroxyl groups excluding tert-OH is 1. The lowest BCUT2D eigenvalue weighted by Gasteiger charge is -2.12. The number of aliphatic hydroxyl groups is 1. The average molecular weight is 248 g/mol. The van der Waals surface area contributed by atoms with Crippen LogP contribution in [-0.2, 0) is 13.0 Å². The Morgan fingerprint density at radius 2 is 2.06 bits per heavy atom. The van der Waals surface area contributed by atoms with Crippen molar-refractivity contribution >= 4 is 0 Å². The Balaban J connectivity index is 2.08. The van der Waals surface area contributed by atoms with E-state index in [1.165, 1.54) is 12.1 Å². The van der Waals surface area contributed by atoms with Crippen LogP contribution in [0, 0.1) is 5.82 Å². The van der Waals surface area contributed by atoms with Gasteiger partial charge in [-0.3, -0.25) is 0 Å². The van der Waals surface area contributed by atoms with E-state index in [2.05, 4.69) is 11.9 Å². The summed E-state index contributed by atoms with van der Waals surface area (Å²) in [6.07, 6.45) is 4.47. The lowest BCUT2D eigenvalue weighted by molar-refractivity contribution is 0.174. The second-order valence-electron chi connectivity index (χ2n) is 4.31. The SMILES string of the molecule is CCCn1ccnc1CC(O)c1ccc(F)cc1. The second kappa shape index (κ2) is 5.78. The Kier molecular flexibility index (Phi) is 4.10. The van der Waals surface area contributed by atoms with Crippen LogP contribution in [0.25, 0.3) is 0 Å². The maximum absolute atomic E-state index is 12.8. The average Bonchev–Trinajstić information content (AvgIpc) is 2.78. The van der Waals surface area contributed by atoms with Crippen molar-refractivity contribution in [2.45, 2.75) is 32.4 Å². The molecule has 0 bridgehead atoms. The first-order valence-electron chi connectivity index (χ1n) is 6.14. The quantitative estimate of drug-likeness (QED) is 0.883. The zero-order chi connectivity index (χ0) is 13.0. The molecule has 3 nitrogen and oxygen atoms in total. The highest BCUT2D eigenvalue weighted by Crippen LogP contribution is 2.18. The third-order valence-corrected chi connectivity index (χ3v) is 2.90. The van der Waals surface area contributed by atoms with Crippen LogP contribution in [0.4, 0.5) is 4.39 Å². The molecule has 1 aromatic heterocycles. The van der Waals surface area contributed by atoms with Gasteiger partial charge in [0.2, 0.25) is 0 Å². The first-order valence-corrected chi connectivity index (χ1v) is 6.14. The number of nitrogens with zero attached hydrogens (tertiary/aromatic N) is 2. The fraction of sp³-hybridized carbons (Fsp3) is 0.357. The van der Waals surface area contributed by atoms with Crippen molar-refractivity contribution < 1.29 is 9.50 Å². The summed E-state index contributed by atoms with van der Waals surface area (Å²) < 4.78 is 14.8. The smallest absolute Gasteiger partial charge is 0.123 e. The van der Waals surface area contributed by atoms with E-state index < -0.39 is 6.10 Å². The Hall–Kier alpha value is -1.68. The number of halogens is 1. The van der Waals surface area contributed by atoms with E-state index in [4.69, 9.17) is 0 Å². The standard InChI is InChI=1S/C14H17FN2O/c1-2-8-17-9-7-16-14(17)10-13(18)11-3-5-12(15)6-4-11/h3-7,9,13,18H,2,8,10H2,1H3. The van der Waals surface area contributed by atoms with E-state index in [0.717, 1.165) is 18.8 Å². The van der Waals surface area contributed by atoms with Crippen LogP contribution in [0.2, 0.25) is 0 Å². The van der Waals surface area contributed by atoms with Gasteiger partial charge in [0.25, 0.3) is 0 Å². The molecule has 2 aromatic rings. The minimum atomic E-state index is -0.649. The Labute approximate surface area is 106 Å². The van der Waals surface area contributed by atoms with Gasteiger partial charge in [-0.2, -0.15) is 0 Å². The van der Waals surface area contributed by atoms with Gasteiger partial charge < -0.3 is 9.67 Å². The van der Waals surface area contributed by atoms with Crippen molar-refractivity contribution in [3.8, 4) is 0 Å². The third-order valence-electron chi connectivity index (χ3n) is 2.90. The second-order valence-corrected chi connectivity index (χ2v) is 4.31. The molecule has 0 amide bonds. The summed E-state index contributed by atoms with van der Waals surface area (Å²) in [5.41, 5.74) is 0.711. The molecule has 4 heteroatoms. The zero-order valence-corrected chi connectivity index (χ0v) is 10.4. The molecule has 0 spiro atoms. The molecule has 0 radical (unpaired) electrons. The zero-order valence-electron chi connectivity index (χ0n) is 10.4. The van der Waals surface area contributed by atoms with Crippen molar-refractivity contribution in [1.29, 1.82) is 0 Å². The van der Waals surface area contributed by atoms with E-state index in [1.807, 2.05) is 10.8 Å². The minimum Gasteiger partial charge on any atom is -0.388 e. The topological polar surface area (TPSA) is 38.0 Å². The van der Waals surface area contributed by atoms with Crippen molar-refractivity contribution in [1.82, 2.24) is 9.55 Å². The number of aromatic nitrogens is 2. The summed E-state index contributed by atoms with van der Waals surface area (Å²) in [5, 5.41) is 10.1. The van der Waals surface area contributed by atoms with Gasteiger partial charge in [0.15, 0.2) is 0 Å². The molecule has 1 atom stereocenters. The molecule has 2 rings (SSSR count). The fourth-order valence-corrected chi connectivity index (χ4v) is 1.95. The van der Waals surface area contributed by atoms with Gasteiger partial charge in [-0.15, -0.1) is 0 Å². The number of aryl methyl sites for hydroxylation is 1. The first kappa shape index (κ1) is 12.8. The molecule has 1 heterocycles. The summed E-state index contributed by atoms with van der Waals surface area (Å²) in [5.74, 6) is 0.562. The predicted octanol–water partition coefficient (Wildman–Crippen LogP) is 2.71. The minimum absolute atomic E-state index is 0.293. The number of benzene rings is 1. The molecule has 0 saturated carbocycles. The van der Waals surface area contributed by atoms with Gasteiger partial charge in [0.05, 0.1) is 6.10 Å². The predicted molar refractivity (Wildman–Crippen MR) is 67.6 cm³/mol. The number of imidazole rings is 1. The Morgan fingerprint density at radius 3 is 2.72 bits per heavy atom. The summed E-state index contributed by atoms with van der Waals surface area (Å²) in [7, 11) is 0. The van der Waals surface area contributed by atoms with Crippen LogP contribution in [0.3, 0.4) is 0 Å². The van der Waals surface area contributed by atoms with Crippen molar-refractivity contribution in [2.24, 2.45) is 0 Å². The molecule has 18 heavy (non-hydrogen) atoms. The monoisotopic (exact) mass is 248 g/mol. The number of hydrogen-bond donors (Lipinski definition) is 1. The van der Waals surface area contributed by atoms with E-state index in [0.29, 0.717) is 12.0 Å². The summed E-state index contributed by atoms with van der Waals surface area (Å²) in [4.78, 5) is 4.25. The van der Waals surface area contributed by atoms with Crippen molar-refractivity contribution in [3.05, 3.63) is 53.9 Å². The normalized spacial score (nSPS) is 12.6. The number of hydrogen-bond acceptors (Lipinski definition) is 2. The molecule has 0 saturated heterocycles. The van der Waals surface area contributed by atoms with Gasteiger partial charge in [-0.1, -0.05) is 19.1 Å². The molecular formula is C14H17FN2O. The molecule has 96 valence electrons. The van der Waals surface area contributed by atoms with Gasteiger partial charge in [0.1, 0.15) is 11.6 Å².